The predicted molar refractivity (Wildman–Crippen MR) is 93.1 cm³/mol. The average Bonchev–Trinajstić information content (AvgIpc) is 3.24. The van der Waals surface area contributed by atoms with Gasteiger partial charge in [0.15, 0.2) is 6.23 Å². The van der Waals surface area contributed by atoms with Crippen molar-refractivity contribution in [3.8, 4) is 0 Å². The van der Waals surface area contributed by atoms with Crippen LogP contribution < -0.4 is 4.90 Å². The standard InChI is InChI=1S/C18H17ClN4O/c19-15-6-4-5-14(11-15)12-22-13-17(20-21-22)18-23(9-10-24-18)16-7-2-1-3-8-16/h1-8,11,13,18H,9-10,12H2. The third-order valence-corrected chi connectivity index (χ3v) is 4.26. The molecule has 24 heavy (non-hydrogen) atoms. The minimum absolute atomic E-state index is 0.194. The highest BCUT2D eigenvalue weighted by Gasteiger charge is 2.29. The van der Waals surface area contributed by atoms with Crippen molar-refractivity contribution in [1.29, 1.82) is 0 Å². The summed E-state index contributed by atoms with van der Waals surface area (Å²) in [5.74, 6) is 0. The number of ether oxygens (including phenoxy) is 1. The van der Waals surface area contributed by atoms with E-state index in [1.807, 2.05) is 53.3 Å². The summed E-state index contributed by atoms with van der Waals surface area (Å²) in [6, 6.07) is 18.0. The Morgan fingerprint density at radius 2 is 2.00 bits per heavy atom. The third kappa shape index (κ3) is 3.13. The molecule has 1 aliphatic heterocycles. The molecule has 6 heteroatoms. The molecule has 4 rings (SSSR count). The summed E-state index contributed by atoms with van der Waals surface area (Å²) in [4.78, 5) is 2.20. The largest absolute Gasteiger partial charge is 0.350 e. The summed E-state index contributed by atoms with van der Waals surface area (Å²) < 4.78 is 7.69. The van der Waals surface area contributed by atoms with Crippen LogP contribution in [0, 0.1) is 0 Å². The molecule has 1 saturated heterocycles. The molecule has 0 spiro atoms. The van der Waals surface area contributed by atoms with Gasteiger partial charge in [-0.1, -0.05) is 47.1 Å². The summed E-state index contributed by atoms with van der Waals surface area (Å²) in [6.07, 6.45) is 1.74. The smallest absolute Gasteiger partial charge is 0.177 e. The van der Waals surface area contributed by atoms with E-state index in [1.165, 1.54) is 0 Å². The van der Waals surface area contributed by atoms with Crippen molar-refractivity contribution >= 4 is 17.3 Å². The van der Waals surface area contributed by atoms with Gasteiger partial charge >= 0.3 is 0 Å². The molecule has 122 valence electrons. The van der Waals surface area contributed by atoms with Gasteiger partial charge in [-0.05, 0) is 29.8 Å². The van der Waals surface area contributed by atoms with Crippen LogP contribution in [0.5, 0.6) is 0 Å². The quantitative estimate of drug-likeness (QED) is 0.729. The Kier molecular flexibility index (Phi) is 4.19. The molecule has 0 bridgehead atoms. The Morgan fingerprint density at radius 3 is 2.83 bits per heavy atom. The van der Waals surface area contributed by atoms with E-state index in [9.17, 15) is 0 Å². The molecule has 0 radical (unpaired) electrons. The van der Waals surface area contributed by atoms with Gasteiger partial charge in [0.1, 0.15) is 5.69 Å². The van der Waals surface area contributed by atoms with Gasteiger partial charge in [0.2, 0.25) is 0 Å². The van der Waals surface area contributed by atoms with Gasteiger partial charge < -0.3 is 9.64 Å². The van der Waals surface area contributed by atoms with Crippen molar-refractivity contribution in [2.75, 3.05) is 18.1 Å². The van der Waals surface area contributed by atoms with Crippen LogP contribution in [-0.4, -0.2) is 28.1 Å². The minimum atomic E-state index is -0.194. The van der Waals surface area contributed by atoms with Gasteiger partial charge in [-0.2, -0.15) is 0 Å². The molecule has 2 aromatic carbocycles. The molecule has 1 aromatic heterocycles. The van der Waals surface area contributed by atoms with Crippen LogP contribution in [0.25, 0.3) is 0 Å². The van der Waals surface area contributed by atoms with Crippen LogP contribution >= 0.6 is 11.6 Å². The SMILES string of the molecule is Clc1cccc(Cn2cc(C3OCCN3c3ccccc3)nn2)c1. The number of hydrogen-bond donors (Lipinski definition) is 0. The molecule has 0 aliphatic carbocycles. The van der Waals surface area contributed by atoms with E-state index >= 15 is 0 Å². The zero-order valence-corrected chi connectivity index (χ0v) is 13.8. The molecule has 2 heterocycles. The second-order valence-corrected chi connectivity index (χ2v) is 6.16. The zero-order chi connectivity index (χ0) is 16.4. The first-order valence-electron chi connectivity index (χ1n) is 7.87. The lowest BCUT2D eigenvalue weighted by Crippen LogP contribution is -2.23. The summed E-state index contributed by atoms with van der Waals surface area (Å²) in [6.45, 7) is 2.15. The zero-order valence-electron chi connectivity index (χ0n) is 13.0. The second-order valence-electron chi connectivity index (χ2n) is 5.72. The first kappa shape index (κ1) is 15.2. The second kappa shape index (κ2) is 6.63. The molecule has 1 unspecified atom stereocenters. The Bertz CT molecular complexity index is 821. The van der Waals surface area contributed by atoms with E-state index in [0.717, 1.165) is 28.5 Å². The number of rotatable bonds is 4. The number of hydrogen-bond acceptors (Lipinski definition) is 4. The lowest BCUT2D eigenvalue weighted by Gasteiger charge is -2.23. The number of nitrogens with zero attached hydrogens (tertiary/aromatic N) is 4. The van der Waals surface area contributed by atoms with Gasteiger partial charge in [-0.15, -0.1) is 5.10 Å². The summed E-state index contributed by atoms with van der Waals surface area (Å²) in [5, 5.41) is 9.26. The van der Waals surface area contributed by atoms with Gasteiger partial charge in [0.25, 0.3) is 0 Å². The average molecular weight is 341 g/mol. The molecule has 1 atom stereocenters. The molecule has 1 aliphatic rings. The number of halogens is 1. The minimum Gasteiger partial charge on any atom is -0.350 e. The van der Waals surface area contributed by atoms with Crippen molar-refractivity contribution in [2.45, 2.75) is 12.8 Å². The van der Waals surface area contributed by atoms with Gasteiger partial charge in [0, 0.05) is 17.3 Å². The molecule has 0 saturated carbocycles. The van der Waals surface area contributed by atoms with Crippen LogP contribution in [0.2, 0.25) is 5.02 Å². The Labute approximate surface area is 145 Å². The number of anilines is 1. The van der Waals surface area contributed by atoms with E-state index in [-0.39, 0.29) is 6.23 Å². The Morgan fingerprint density at radius 1 is 1.12 bits per heavy atom. The molecular formula is C18H17ClN4O. The normalized spacial score (nSPS) is 17.4. The van der Waals surface area contributed by atoms with Gasteiger partial charge in [-0.3, -0.25) is 0 Å². The van der Waals surface area contributed by atoms with E-state index in [2.05, 4.69) is 27.3 Å². The van der Waals surface area contributed by atoms with E-state index < -0.39 is 0 Å². The fourth-order valence-electron chi connectivity index (χ4n) is 2.93. The van der Waals surface area contributed by atoms with E-state index in [1.54, 1.807) is 0 Å². The highest BCUT2D eigenvalue weighted by atomic mass is 35.5. The maximum Gasteiger partial charge on any atom is 0.177 e. The van der Waals surface area contributed by atoms with E-state index in [0.29, 0.717) is 13.2 Å². The summed E-state index contributed by atoms with van der Waals surface area (Å²) in [7, 11) is 0. The molecular weight excluding hydrogens is 324 g/mol. The summed E-state index contributed by atoms with van der Waals surface area (Å²) in [5.41, 5.74) is 3.04. The predicted octanol–water partition coefficient (Wildman–Crippen LogP) is 3.52. The number of para-hydroxylation sites is 1. The Balaban J connectivity index is 1.54. The van der Waals surface area contributed by atoms with Crippen LogP contribution in [0.15, 0.2) is 60.8 Å². The highest BCUT2D eigenvalue weighted by molar-refractivity contribution is 6.30. The number of benzene rings is 2. The molecule has 5 nitrogen and oxygen atoms in total. The molecule has 0 N–H and O–H groups in total. The lowest BCUT2D eigenvalue weighted by atomic mass is 10.2. The lowest BCUT2D eigenvalue weighted by molar-refractivity contribution is 0.110. The van der Waals surface area contributed by atoms with Gasteiger partial charge in [-0.25, -0.2) is 4.68 Å². The van der Waals surface area contributed by atoms with Crippen molar-refractivity contribution in [3.05, 3.63) is 77.1 Å². The van der Waals surface area contributed by atoms with E-state index in [4.69, 9.17) is 16.3 Å². The maximum absolute atomic E-state index is 6.03. The fourth-order valence-corrected chi connectivity index (χ4v) is 3.14. The van der Waals surface area contributed by atoms with Crippen molar-refractivity contribution < 1.29 is 4.74 Å². The molecule has 3 aromatic rings. The first-order valence-corrected chi connectivity index (χ1v) is 8.25. The third-order valence-electron chi connectivity index (χ3n) is 4.02. The van der Waals surface area contributed by atoms with Crippen LogP contribution in [0.4, 0.5) is 5.69 Å². The molecule has 0 amide bonds. The van der Waals surface area contributed by atoms with Crippen molar-refractivity contribution in [2.24, 2.45) is 0 Å². The van der Waals surface area contributed by atoms with Crippen LogP contribution in [0.1, 0.15) is 17.5 Å². The molecule has 1 fully saturated rings. The Hall–Kier alpha value is -2.37. The van der Waals surface area contributed by atoms with Gasteiger partial charge in [0.05, 0.1) is 19.3 Å². The van der Waals surface area contributed by atoms with Crippen LogP contribution in [-0.2, 0) is 11.3 Å². The monoisotopic (exact) mass is 340 g/mol. The summed E-state index contributed by atoms with van der Waals surface area (Å²) >= 11 is 6.03. The number of aromatic nitrogens is 3. The van der Waals surface area contributed by atoms with Crippen LogP contribution in [0.3, 0.4) is 0 Å². The first-order chi connectivity index (χ1) is 11.8. The highest BCUT2D eigenvalue weighted by Crippen LogP contribution is 2.30. The van der Waals surface area contributed by atoms with Crippen molar-refractivity contribution in [3.63, 3.8) is 0 Å². The maximum atomic E-state index is 6.03. The fraction of sp³-hybridized carbons (Fsp3) is 0.222. The topological polar surface area (TPSA) is 43.2 Å². The van der Waals surface area contributed by atoms with Crippen molar-refractivity contribution in [1.82, 2.24) is 15.0 Å².